The Morgan fingerprint density at radius 3 is 2.76 bits per heavy atom. The highest BCUT2D eigenvalue weighted by Gasteiger charge is 2.39. The van der Waals surface area contributed by atoms with Gasteiger partial charge in [0.15, 0.2) is 0 Å². The SMILES string of the molecule is COCc1cccc(NC(=O)C2(CN)CCC(C)CC2)c1. The summed E-state index contributed by atoms with van der Waals surface area (Å²) in [6, 6.07) is 7.78. The van der Waals surface area contributed by atoms with Gasteiger partial charge in [-0.05, 0) is 49.3 Å². The number of hydrogen-bond acceptors (Lipinski definition) is 3. The van der Waals surface area contributed by atoms with E-state index in [0.29, 0.717) is 19.1 Å². The third-order valence-corrected chi connectivity index (χ3v) is 4.60. The third-order valence-electron chi connectivity index (χ3n) is 4.60. The van der Waals surface area contributed by atoms with E-state index in [9.17, 15) is 4.79 Å². The average molecular weight is 290 g/mol. The highest BCUT2D eigenvalue weighted by Crippen LogP contribution is 2.39. The molecule has 4 nitrogen and oxygen atoms in total. The maximum Gasteiger partial charge on any atom is 0.231 e. The lowest BCUT2D eigenvalue weighted by atomic mass is 9.70. The molecule has 0 unspecified atom stereocenters. The van der Waals surface area contributed by atoms with Crippen molar-refractivity contribution in [3.8, 4) is 0 Å². The number of carbonyl (C=O) groups is 1. The van der Waals surface area contributed by atoms with E-state index < -0.39 is 5.41 Å². The fourth-order valence-electron chi connectivity index (χ4n) is 3.01. The second kappa shape index (κ2) is 7.05. The number of anilines is 1. The van der Waals surface area contributed by atoms with Crippen LogP contribution >= 0.6 is 0 Å². The second-order valence-corrected chi connectivity index (χ2v) is 6.25. The Morgan fingerprint density at radius 1 is 1.43 bits per heavy atom. The number of rotatable bonds is 5. The predicted octanol–water partition coefficient (Wildman–Crippen LogP) is 2.93. The summed E-state index contributed by atoms with van der Waals surface area (Å²) in [6.45, 7) is 3.21. The summed E-state index contributed by atoms with van der Waals surface area (Å²) >= 11 is 0. The molecule has 1 aromatic rings. The van der Waals surface area contributed by atoms with Crippen molar-refractivity contribution in [1.29, 1.82) is 0 Å². The summed E-state index contributed by atoms with van der Waals surface area (Å²) in [5.41, 5.74) is 7.41. The summed E-state index contributed by atoms with van der Waals surface area (Å²) < 4.78 is 5.12. The predicted molar refractivity (Wildman–Crippen MR) is 84.9 cm³/mol. The summed E-state index contributed by atoms with van der Waals surface area (Å²) in [6.07, 6.45) is 3.92. The van der Waals surface area contributed by atoms with E-state index in [-0.39, 0.29) is 5.91 Å². The van der Waals surface area contributed by atoms with E-state index in [1.807, 2.05) is 24.3 Å². The standard InChI is InChI=1S/C17H26N2O2/c1-13-6-8-17(12-18,9-7-13)16(20)19-15-5-3-4-14(10-15)11-21-2/h3-5,10,13H,6-9,11-12,18H2,1-2H3,(H,19,20). The van der Waals surface area contributed by atoms with Gasteiger partial charge in [-0.25, -0.2) is 0 Å². The topological polar surface area (TPSA) is 64.3 Å². The van der Waals surface area contributed by atoms with Gasteiger partial charge in [0.25, 0.3) is 0 Å². The minimum atomic E-state index is -0.399. The molecule has 0 bridgehead atoms. The lowest BCUT2D eigenvalue weighted by Crippen LogP contribution is -2.44. The number of nitrogens with two attached hydrogens (primary N) is 1. The molecule has 1 fully saturated rings. The van der Waals surface area contributed by atoms with Crippen LogP contribution in [0.25, 0.3) is 0 Å². The highest BCUT2D eigenvalue weighted by atomic mass is 16.5. The summed E-state index contributed by atoms with van der Waals surface area (Å²) in [4.78, 5) is 12.7. The van der Waals surface area contributed by atoms with Crippen molar-refractivity contribution in [2.24, 2.45) is 17.1 Å². The minimum absolute atomic E-state index is 0.0615. The van der Waals surface area contributed by atoms with Crippen LogP contribution in [0, 0.1) is 11.3 Å². The molecule has 1 aromatic carbocycles. The van der Waals surface area contributed by atoms with Crippen molar-refractivity contribution >= 4 is 11.6 Å². The number of hydrogen-bond donors (Lipinski definition) is 2. The molecule has 4 heteroatoms. The molecule has 0 aliphatic heterocycles. The quantitative estimate of drug-likeness (QED) is 0.876. The first-order valence-electron chi connectivity index (χ1n) is 7.69. The largest absolute Gasteiger partial charge is 0.380 e. The second-order valence-electron chi connectivity index (χ2n) is 6.25. The van der Waals surface area contributed by atoms with Gasteiger partial charge in [-0.15, -0.1) is 0 Å². The van der Waals surface area contributed by atoms with Crippen LogP contribution in [0.3, 0.4) is 0 Å². The number of amides is 1. The van der Waals surface area contributed by atoms with Crippen LogP contribution in [0.15, 0.2) is 24.3 Å². The number of benzene rings is 1. The summed E-state index contributed by atoms with van der Waals surface area (Å²) in [7, 11) is 1.66. The zero-order valence-electron chi connectivity index (χ0n) is 13.0. The van der Waals surface area contributed by atoms with Gasteiger partial charge in [-0.2, -0.15) is 0 Å². The molecule has 21 heavy (non-hydrogen) atoms. The molecule has 0 heterocycles. The van der Waals surface area contributed by atoms with Gasteiger partial charge < -0.3 is 15.8 Å². The average Bonchev–Trinajstić information content (AvgIpc) is 2.49. The first-order valence-corrected chi connectivity index (χ1v) is 7.69. The Kier molecular flexibility index (Phi) is 5.37. The number of ether oxygens (including phenoxy) is 1. The smallest absolute Gasteiger partial charge is 0.231 e. The summed E-state index contributed by atoms with van der Waals surface area (Å²) in [5, 5.41) is 3.04. The molecule has 1 saturated carbocycles. The normalized spacial score (nSPS) is 25.6. The molecule has 2 rings (SSSR count). The zero-order valence-corrected chi connectivity index (χ0v) is 13.0. The van der Waals surface area contributed by atoms with Crippen LogP contribution in [0.2, 0.25) is 0 Å². The zero-order chi connectivity index (χ0) is 15.3. The van der Waals surface area contributed by atoms with Gasteiger partial charge in [0.1, 0.15) is 0 Å². The number of methoxy groups -OCH3 is 1. The molecular formula is C17H26N2O2. The Bertz CT molecular complexity index is 479. The lowest BCUT2D eigenvalue weighted by molar-refractivity contribution is -0.127. The molecule has 3 N–H and O–H groups in total. The van der Waals surface area contributed by atoms with Crippen molar-refractivity contribution in [2.45, 2.75) is 39.2 Å². The fourth-order valence-corrected chi connectivity index (χ4v) is 3.01. The first kappa shape index (κ1) is 16.0. The van der Waals surface area contributed by atoms with Crippen LogP contribution in [0.1, 0.15) is 38.2 Å². The Hall–Kier alpha value is -1.39. The molecule has 0 spiro atoms. The van der Waals surface area contributed by atoms with Crippen LogP contribution in [-0.4, -0.2) is 19.6 Å². The Morgan fingerprint density at radius 2 is 2.14 bits per heavy atom. The lowest BCUT2D eigenvalue weighted by Gasteiger charge is -2.37. The number of nitrogens with one attached hydrogen (secondary N) is 1. The van der Waals surface area contributed by atoms with E-state index in [1.54, 1.807) is 7.11 Å². The Labute approximate surface area is 127 Å². The van der Waals surface area contributed by atoms with E-state index in [2.05, 4.69) is 12.2 Å². The van der Waals surface area contributed by atoms with Crippen LogP contribution < -0.4 is 11.1 Å². The molecular weight excluding hydrogens is 264 g/mol. The van der Waals surface area contributed by atoms with Gasteiger partial charge in [0, 0.05) is 19.3 Å². The maximum atomic E-state index is 12.7. The summed E-state index contributed by atoms with van der Waals surface area (Å²) in [5.74, 6) is 0.758. The van der Waals surface area contributed by atoms with Gasteiger partial charge in [0.2, 0.25) is 5.91 Å². The van der Waals surface area contributed by atoms with E-state index in [0.717, 1.165) is 36.9 Å². The van der Waals surface area contributed by atoms with Crippen LogP contribution in [-0.2, 0) is 16.1 Å². The first-order chi connectivity index (χ1) is 10.1. The van der Waals surface area contributed by atoms with Gasteiger partial charge in [0.05, 0.1) is 12.0 Å². The molecule has 1 aliphatic carbocycles. The molecule has 1 amide bonds. The van der Waals surface area contributed by atoms with Crippen LogP contribution in [0.5, 0.6) is 0 Å². The monoisotopic (exact) mass is 290 g/mol. The molecule has 116 valence electrons. The van der Waals surface area contributed by atoms with Crippen molar-refractivity contribution in [3.05, 3.63) is 29.8 Å². The van der Waals surface area contributed by atoms with Crippen molar-refractivity contribution in [2.75, 3.05) is 19.0 Å². The molecule has 0 radical (unpaired) electrons. The molecule has 0 atom stereocenters. The van der Waals surface area contributed by atoms with Gasteiger partial charge >= 0.3 is 0 Å². The molecule has 0 aromatic heterocycles. The highest BCUT2D eigenvalue weighted by molar-refractivity contribution is 5.95. The minimum Gasteiger partial charge on any atom is -0.380 e. The van der Waals surface area contributed by atoms with E-state index in [1.165, 1.54) is 0 Å². The third kappa shape index (κ3) is 3.83. The van der Waals surface area contributed by atoms with Crippen molar-refractivity contribution in [1.82, 2.24) is 0 Å². The van der Waals surface area contributed by atoms with Gasteiger partial charge in [-0.3, -0.25) is 4.79 Å². The van der Waals surface area contributed by atoms with Gasteiger partial charge in [-0.1, -0.05) is 19.1 Å². The van der Waals surface area contributed by atoms with Crippen molar-refractivity contribution in [3.63, 3.8) is 0 Å². The van der Waals surface area contributed by atoms with E-state index in [4.69, 9.17) is 10.5 Å². The van der Waals surface area contributed by atoms with Crippen LogP contribution in [0.4, 0.5) is 5.69 Å². The Balaban J connectivity index is 2.07. The number of carbonyl (C=O) groups excluding carboxylic acids is 1. The fraction of sp³-hybridized carbons (Fsp3) is 0.588. The molecule has 1 aliphatic rings. The van der Waals surface area contributed by atoms with E-state index >= 15 is 0 Å². The van der Waals surface area contributed by atoms with Crippen molar-refractivity contribution < 1.29 is 9.53 Å². The maximum absolute atomic E-state index is 12.7. The molecule has 0 saturated heterocycles.